The summed E-state index contributed by atoms with van der Waals surface area (Å²) in [5.41, 5.74) is 6.50. The van der Waals surface area contributed by atoms with E-state index in [-0.39, 0.29) is 6.61 Å². The Morgan fingerprint density at radius 2 is 1.94 bits per heavy atom. The first-order valence-corrected chi connectivity index (χ1v) is 12.1. The zero-order chi connectivity index (χ0) is 25.4. The molecule has 0 aliphatic rings. The molecule has 182 valence electrons. The summed E-state index contributed by atoms with van der Waals surface area (Å²) in [6.45, 7) is 6.01. The lowest BCUT2D eigenvalue weighted by Gasteiger charge is -2.16. The summed E-state index contributed by atoms with van der Waals surface area (Å²) in [5, 5.41) is 7.87. The van der Waals surface area contributed by atoms with Crippen molar-refractivity contribution in [1.29, 1.82) is 0 Å². The summed E-state index contributed by atoms with van der Waals surface area (Å²) in [4.78, 5) is 12.2. The van der Waals surface area contributed by atoms with Gasteiger partial charge in [0.15, 0.2) is 11.5 Å². The summed E-state index contributed by atoms with van der Waals surface area (Å²) in [5.74, 6) is 1.09. The van der Waals surface area contributed by atoms with Gasteiger partial charge < -0.3 is 14.8 Å². The van der Waals surface area contributed by atoms with Crippen LogP contribution in [0.3, 0.4) is 0 Å². The van der Waals surface area contributed by atoms with E-state index in [2.05, 4.69) is 38.4 Å². The van der Waals surface area contributed by atoms with Gasteiger partial charge in [0.1, 0.15) is 6.61 Å². The number of nitrogens with zero attached hydrogens (tertiary/aromatic N) is 1. The predicted octanol–water partition coefficient (Wildman–Crippen LogP) is 7.54. The summed E-state index contributed by atoms with van der Waals surface area (Å²) in [7, 11) is 1.56. The van der Waals surface area contributed by atoms with Crippen molar-refractivity contribution in [3.8, 4) is 11.5 Å². The van der Waals surface area contributed by atoms with Crippen molar-refractivity contribution in [2.75, 3.05) is 12.4 Å². The lowest BCUT2D eigenvalue weighted by molar-refractivity contribution is 0.252. The second kappa shape index (κ2) is 12.6. The van der Waals surface area contributed by atoms with E-state index < -0.39 is 6.03 Å². The molecular weight excluding hydrogens is 553 g/mol. The smallest absolute Gasteiger partial charge is 0.339 e. The van der Waals surface area contributed by atoms with Crippen LogP contribution in [-0.2, 0) is 13.0 Å². The molecule has 0 bridgehead atoms. The number of aryl methyl sites for hydroxylation is 1. The first-order chi connectivity index (χ1) is 16.8. The van der Waals surface area contributed by atoms with E-state index in [0.717, 1.165) is 26.7 Å². The third-order valence-corrected chi connectivity index (χ3v) is 6.40. The van der Waals surface area contributed by atoms with E-state index in [9.17, 15) is 4.79 Å². The number of nitrogens with one attached hydrogen (secondary N) is 2. The lowest BCUT2D eigenvalue weighted by atomic mass is 10.1. The number of anilines is 1. The fourth-order valence-electron chi connectivity index (χ4n) is 3.22. The molecule has 0 saturated carbocycles. The molecule has 0 aliphatic heterocycles. The molecule has 6 nitrogen and oxygen atoms in total. The molecule has 3 aromatic rings. The molecule has 0 saturated heterocycles. The fraction of sp³-hybridized carbons (Fsp3) is 0.154. The van der Waals surface area contributed by atoms with E-state index in [1.54, 1.807) is 37.5 Å². The molecule has 0 aliphatic carbocycles. The summed E-state index contributed by atoms with van der Waals surface area (Å²) < 4.78 is 12.6. The average Bonchev–Trinajstić information content (AvgIpc) is 2.81. The minimum Gasteiger partial charge on any atom is -0.493 e. The van der Waals surface area contributed by atoms with Crippen LogP contribution in [0.2, 0.25) is 10.0 Å². The topological polar surface area (TPSA) is 72.0 Å². The van der Waals surface area contributed by atoms with Crippen LogP contribution in [-0.4, -0.2) is 19.4 Å². The van der Waals surface area contributed by atoms with Crippen LogP contribution in [0.4, 0.5) is 10.5 Å². The minimum absolute atomic E-state index is 0.237. The quantitative estimate of drug-likeness (QED) is 0.157. The summed E-state index contributed by atoms with van der Waals surface area (Å²) >= 11 is 15.7. The Bertz CT molecular complexity index is 1260. The van der Waals surface area contributed by atoms with Crippen LogP contribution in [0, 0.1) is 6.92 Å². The van der Waals surface area contributed by atoms with Gasteiger partial charge in [-0.25, -0.2) is 10.2 Å². The van der Waals surface area contributed by atoms with Gasteiger partial charge in [0.05, 0.1) is 13.3 Å². The van der Waals surface area contributed by atoms with Crippen LogP contribution in [0.15, 0.2) is 70.8 Å². The monoisotopic (exact) mass is 575 g/mol. The van der Waals surface area contributed by atoms with Crippen molar-refractivity contribution < 1.29 is 14.3 Å². The number of hydrogen-bond acceptors (Lipinski definition) is 4. The molecule has 0 fully saturated rings. The van der Waals surface area contributed by atoms with Gasteiger partial charge in [-0.3, -0.25) is 0 Å². The second-order valence-electron chi connectivity index (χ2n) is 7.52. The number of rotatable bonds is 9. The maximum absolute atomic E-state index is 12.2. The van der Waals surface area contributed by atoms with Crippen LogP contribution in [0.5, 0.6) is 11.5 Å². The first-order valence-electron chi connectivity index (χ1n) is 10.6. The zero-order valence-corrected chi connectivity index (χ0v) is 22.3. The van der Waals surface area contributed by atoms with Gasteiger partial charge in [0, 0.05) is 31.3 Å². The number of urea groups is 1. The van der Waals surface area contributed by atoms with E-state index in [0.29, 0.717) is 33.7 Å². The molecule has 2 N–H and O–H groups in total. The Balaban J connectivity index is 1.73. The highest BCUT2D eigenvalue weighted by molar-refractivity contribution is 9.10. The van der Waals surface area contributed by atoms with Crippen LogP contribution < -0.4 is 20.2 Å². The van der Waals surface area contributed by atoms with Crippen LogP contribution >= 0.6 is 39.1 Å². The third kappa shape index (κ3) is 7.49. The molecular formula is C26H24BrCl2N3O3. The molecule has 3 aromatic carbocycles. The number of amides is 2. The van der Waals surface area contributed by atoms with Gasteiger partial charge in [-0.05, 0) is 66.9 Å². The predicted molar refractivity (Wildman–Crippen MR) is 146 cm³/mol. The SMILES string of the molecule is C=CCc1cc(/C=N/NC(=O)Nc2ccc(Br)c(C)c2)cc(OC)c1OCc1ccc(Cl)cc1Cl. The Morgan fingerprint density at radius 1 is 1.14 bits per heavy atom. The van der Waals surface area contributed by atoms with Crippen LogP contribution in [0.25, 0.3) is 0 Å². The van der Waals surface area contributed by atoms with Crippen LogP contribution in [0.1, 0.15) is 22.3 Å². The zero-order valence-electron chi connectivity index (χ0n) is 19.2. The lowest BCUT2D eigenvalue weighted by Crippen LogP contribution is -2.24. The highest BCUT2D eigenvalue weighted by atomic mass is 79.9. The maximum atomic E-state index is 12.2. The number of halogens is 3. The van der Waals surface area contributed by atoms with E-state index in [1.807, 2.05) is 31.2 Å². The van der Waals surface area contributed by atoms with Crippen molar-refractivity contribution in [1.82, 2.24) is 5.43 Å². The summed E-state index contributed by atoms with van der Waals surface area (Å²) in [6, 6.07) is 14.0. The Kier molecular flexibility index (Phi) is 9.60. The van der Waals surface area contributed by atoms with Crippen molar-refractivity contribution in [2.45, 2.75) is 20.0 Å². The maximum Gasteiger partial charge on any atom is 0.339 e. The second-order valence-corrected chi connectivity index (χ2v) is 9.21. The molecule has 2 amide bonds. The van der Waals surface area contributed by atoms with Crippen molar-refractivity contribution in [3.05, 3.63) is 98.0 Å². The van der Waals surface area contributed by atoms with Crippen molar-refractivity contribution in [3.63, 3.8) is 0 Å². The van der Waals surface area contributed by atoms with Crippen molar-refractivity contribution in [2.24, 2.45) is 5.10 Å². The molecule has 0 radical (unpaired) electrons. The van der Waals surface area contributed by atoms with E-state index in [4.69, 9.17) is 32.7 Å². The number of allylic oxidation sites excluding steroid dienone is 1. The average molecular weight is 577 g/mol. The largest absolute Gasteiger partial charge is 0.493 e. The molecule has 35 heavy (non-hydrogen) atoms. The highest BCUT2D eigenvalue weighted by Crippen LogP contribution is 2.34. The number of ether oxygens (including phenoxy) is 2. The van der Waals surface area contributed by atoms with E-state index >= 15 is 0 Å². The number of carbonyl (C=O) groups is 1. The minimum atomic E-state index is -0.457. The molecule has 0 unspecified atom stereocenters. The molecule has 3 rings (SSSR count). The fourth-order valence-corrected chi connectivity index (χ4v) is 3.93. The first kappa shape index (κ1) is 26.6. The van der Waals surface area contributed by atoms with Gasteiger partial charge in [-0.1, -0.05) is 51.3 Å². The van der Waals surface area contributed by atoms with Crippen molar-refractivity contribution >= 4 is 57.1 Å². The molecule has 0 aromatic heterocycles. The van der Waals surface area contributed by atoms with E-state index in [1.165, 1.54) is 6.21 Å². The summed E-state index contributed by atoms with van der Waals surface area (Å²) in [6.07, 6.45) is 3.84. The third-order valence-electron chi connectivity index (χ3n) is 4.92. The normalized spacial score (nSPS) is 10.8. The molecule has 0 spiro atoms. The molecule has 0 atom stereocenters. The Morgan fingerprint density at radius 3 is 2.63 bits per heavy atom. The Labute approximate surface area is 223 Å². The Hall–Kier alpha value is -3.00. The number of carbonyl (C=O) groups excluding carboxylic acids is 1. The molecule has 0 heterocycles. The molecule has 9 heteroatoms. The van der Waals surface area contributed by atoms with Gasteiger partial charge in [0.2, 0.25) is 0 Å². The van der Waals surface area contributed by atoms with Gasteiger partial charge >= 0.3 is 6.03 Å². The standard InChI is InChI=1S/C26H24BrCl2N3O3/c1-4-5-18-11-17(14-30-32-26(33)31-21-8-9-22(27)16(2)10-21)12-24(34-3)25(18)35-15-19-6-7-20(28)13-23(19)29/h4,6-14H,1,5,15H2,2-3H3,(H2,31,32,33)/b30-14+. The number of hydrogen-bond donors (Lipinski definition) is 2. The van der Waals surface area contributed by atoms with Gasteiger partial charge in [0.25, 0.3) is 0 Å². The number of hydrazone groups is 1. The van der Waals surface area contributed by atoms with Gasteiger partial charge in [-0.2, -0.15) is 5.10 Å². The highest BCUT2D eigenvalue weighted by Gasteiger charge is 2.14. The number of methoxy groups -OCH3 is 1. The van der Waals surface area contributed by atoms with Gasteiger partial charge in [-0.15, -0.1) is 6.58 Å². The number of benzene rings is 3.